The Kier molecular flexibility index (Phi) is 5.73. The van der Waals surface area contributed by atoms with E-state index in [4.69, 9.17) is 14.5 Å². The molecule has 0 aliphatic rings. The van der Waals surface area contributed by atoms with Crippen molar-refractivity contribution in [3.8, 4) is 0 Å². The van der Waals surface area contributed by atoms with Crippen LogP contribution in [0.5, 0.6) is 0 Å². The van der Waals surface area contributed by atoms with Crippen molar-refractivity contribution in [1.29, 1.82) is 0 Å². The zero-order chi connectivity index (χ0) is 15.2. The van der Waals surface area contributed by atoms with Crippen LogP contribution >= 0.6 is 0 Å². The number of hydrogen-bond donors (Lipinski definition) is 1. The van der Waals surface area contributed by atoms with Crippen LogP contribution in [0.4, 0.5) is 0 Å². The molecular formula is C16H25N3O2. The Hall–Kier alpha value is -1.43. The van der Waals surface area contributed by atoms with Crippen LogP contribution in [0.3, 0.4) is 0 Å². The van der Waals surface area contributed by atoms with E-state index in [1.807, 2.05) is 46.1 Å². The zero-order valence-corrected chi connectivity index (χ0v) is 13.3. The lowest BCUT2D eigenvalue weighted by atomic mass is 10.2. The zero-order valence-electron chi connectivity index (χ0n) is 13.3. The summed E-state index contributed by atoms with van der Waals surface area (Å²) in [7, 11) is 3.98. The fraction of sp³-hybridized carbons (Fsp3) is 0.562. The number of imidazole rings is 1. The van der Waals surface area contributed by atoms with Crippen LogP contribution in [-0.2, 0) is 22.9 Å². The summed E-state index contributed by atoms with van der Waals surface area (Å²) >= 11 is 0. The lowest BCUT2D eigenvalue weighted by Gasteiger charge is -2.26. The van der Waals surface area contributed by atoms with Gasteiger partial charge in [0.1, 0.15) is 5.82 Å². The number of fused-ring (bicyclic) bond motifs is 1. The van der Waals surface area contributed by atoms with Gasteiger partial charge in [0, 0.05) is 26.7 Å². The van der Waals surface area contributed by atoms with Crippen molar-refractivity contribution < 1.29 is 9.47 Å². The molecule has 1 aromatic carbocycles. The van der Waals surface area contributed by atoms with Crippen molar-refractivity contribution in [3.63, 3.8) is 0 Å². The first-order valence-corrected chi connectivity index (χ1v) is 7.52. The normalized spacial score (nSPS) is 13.2. The molecule has 0 aliphatic carbocycles. The van der Waals surface area contributed by atoms with Crippen molar-refractivity contribution in [2.75, 3.05) is 20.3 Å². The number of para-hydroxylation sites is 2. The van der Waals surface area contributed by atoms with E-state index in [1.54, 1.807) is 0 Å². The Balaban J connectivity index is 2.21. The van der Waals surface area contributed by atoms with Crippen LogP contribution in [-0.4, -0.2) is 42.1 Å². The van der Waals surface area contributed by atoms with Gasteiger partial charge in [0.05, 0.1) is 17.1 Å². The summed E-state index contributed by atoms with van der Waals surface area (Å²) in [5, 5.41) is 3.29. The van der Waals surface area contributed by atoms with Gasteiger partial charge < -0.3 is 19.4 Å². The minimum absolute atomic E-state index is 0.0698. The number of nitrogens with zero attached hydrogens (tertiary/aromatic N) is 2. The van der Waals surface area contributed by atoms with E-state index in [9.17, 15) is 0 Å². The lowest BCUT2D eigenvalue weighted by molar-refractivity contribution is -0.153. The summed E-state index contributed by atoms with van der Waals surface area (Å²) in [6, 6.07) is 8.24. The number of rotatable bonds is 8. The molecule has 0 aliphatic heterocycles. The molecule has 1 heterocycles. The number of aryl methyl sites for hydroxylation is 1. The van der Waals surface area contributed by atoms with Crippen molar-refractivity contribution in [3.05, 3.63) is 30.1 Å². The second-order valence-corrected chi connectivity index (χ2v) is 4.95. The molecule has 0 amide bonds. The Morgan fingerprint density at radius 3 is 2.43 bits per heavy atom. The third-order valence-corrected chi connectivity index (χ3v) is 3.64. The molecule has 0 saturated carbocycles. The summed E-state index contributed by atoms with van der Waals surface area (Å²) in [4.78, 5) is 4.71. The van der Waals surface area contributed by atoms with Crippen LogP contribution in [0.25, 0.3) is 11.0 Å². The minimum atomic E-state index is -0.259. The van der Waals surface area contributed by atoms with Gasteiger partial charge in [-0.25, -0.2) is 4.98 Å². The van der Waals surface area contributed by atoms with Crippen LogP contribution in [0.2, 0.25) is 0 Å². The third kappa shape index (κ3) is 3.61. The third-order valence-electron chi connectivity index (χ3n) is 3.64. The SMILES string of the molecule is CCOC(OCC)C(Cc1nc2ccccc2n1C)NC. The summed E-state index contributed by atoms with van der Waals surface area (Å²) in [6.45, 7) is 5.22. The molecule has 2 rings (SSSR count). The van der Waals surface area contributed by atoms with E-state index in [2.05, 4.69) is 16.0 Å². The molecule has 2 aromatic rings. The van der Waals surface area contributed by atoms with Gasteiger partial charge in [-0.1, -0.05) is 12.1 Å². The summed E-state index contributed by atoms with van der Waals surface area (Å²) in [6.07, 6.45) is 0.497. The highest BCUT2D eigenvalue weighted by Gasteiger charge is 2.23. The largest absolute Gasteiger partial charge is 0.351 e. The highest BCUT2D eigenvalue weighted by molar-refractivity contribution is 5.75. The molecule has 1 unspecified atom stereocenters. The quantitative estimate of drug-likeness (QED) is 0.757. The van der Waals surface area contributed by atoms with Crippen LogP contribution in [0.1, 0.15) is 19.7 Å². The van der Waals surface area contributed by atoms with E-state index < -0.39 is 0 Å². The summed E-state index contributed by atoms with van der Waals surface area (Å²) < 4.78 is 13.5. The van der Waals surface area contributed by atoms with Gasteiger partial charge in [0.25, 0.3) is 0 Å². The number of nitrogens with one attached hydrogen (secondary N) is 1. The molecule has 116 valence electrons. The molecule has 1 N–H and O–H groups in total. The first-order chi connectivity index (χ1) is 10.2. The van der Waals surface area contributed by atoms with Gasteiger partial charge in [-0.3, -0.25) is 0 Å². The maximum absolute atomic E-state index is 5.70. The van der Waals surface area contributed by atoms with Gasteiger partial charge in [-0.15, -0.1) is 0 Å². The Labute approximate surface area is 126 Å². The number of aromatic nitrogens is 2. The molecule has 0 bridgehead atoms. The molecule has 0 spiro atoms. The highest BCUT2D eigenvalue weighted by atomic mass is 16.7. The Morgan fingerprint density at radius 1 is 1.19 bits per heavy atom. The predicted molar refractivity (Wildman–Crippen MR) is 84.3 cm³/mol. The van der Waals surface area contributed by atoms with Gasteiger partial charge in [-0.05, 0) is 33.0 Å². The number of hydrogen-bond acceptors (Lipinski definition) is 4. The maximum atomic E-state index is 5.70. The topological polar surface area (TPSA) is 48.3 Å². The van der Waals surface area contributed by atoms with E-state index in [0.29, 0.717) is 13.2 Å². The van der Waals surface area contributed by atoms with Crippen molar-refractivity contribution >= 4 is 11.0 Å². The first-order valence-electron chi connectivity index (χ1n) is 7.52. The smallest absolute Gasteiger partial charge is 0.173 e. The summed E-state index contributed by atoms with van der Waals surface area (Å²) in [5.74, 6) is 1.03. The molecule has 1 atom stereocenters. The van der Waals surface area contributed by atoms with E-state index in [1.165, 1.54) is 0 Å². The van der Waals surface area contributed by atoms with Gasteiger partial charge in [0.15, 0.2) is 6.29 Å². The van der Waals surface area contributed by atoms with Crippen LogP contribution < -0.4 is 5.32 Å². The summed E-state index contributed by atoms with van der Waals surface area (Å²) in [5.41, 5.74) is 2.17. The second kappa shape index (κ2) is 7.54. The number of benzene rings is 1. The monoisotopic (exact) mass is 291 g/mol. The van der Waals surface area contributed by atoms with E-state index >= 15 is 0 Å². The Bertz CT molecular complexity index is 562. The van der Waals surface area contributed by atoms with Crippen molar-refractivity contribution in [2.24, 2.45) is 7.05 Å². The fourth-order valence-electron chi connectivity index (χ4n) is 2.52. The van der Waals surface area contributed by atoms with E-state index in [-0.39, 0.29) is 12.3 Å². The van der Waals surface area contributed by atoms with Gasteiger partial charge in [-0.2, -0.15) is 0 Å². The average Bonchev–Trinajstić information content (AvgIpc) is 2.81. The molecule has 21 heavy (non-hydrogen) atoms. The van der Waals surface area contributed by atoms with Crippen molar-refractivity contribution in [2.45, 2.75) is 32.6 Å². The van der Waals surface area contributed by atoms with Gasteiger partial charge in [0.2, 0.25) is 0 Å². The maximum Gasteiger partial charge on any atom is 0.173 e. The molecule has 5 heteroatoms. The first kappa shape index (κ1) is 15.9. The van der Waals surface area contributed by atoms with Crippen molar-refractivity contribution in [1.82, 2.24) is 14.9 Å². The Morgan fingerprint density at radius 2 is 1.86 bits per heavy atom. The minimum Gasteiger partial charge on any atom is -0.351 e. The van der Waals surface area contributed by atoms with Gasteiger partial charge >= 0.3 is 0 Å². The second-order valence-electron chi connectivity index (χ2n) is 4.95. The molecule has 1 aromatic heterocycles. The van der Waals surface area contributed by atoms with Crippen LogP contribution in [0, 0.1) is 0 Å². The molecule has 5 nitrogen and oxygen atoms in total. The van der Waals surface area contributed by atoms with E-state index in [0.717, 1.165) is 23.3 Å². The standard InChI is InChI=1S/C16H25N3O2/c1-5-20-16(21-6-2)13(17-3)11-15-18-12-9-7-8-10-14(12)19(15)4/h7-10,13,16-17H,5-6,11H2,1-4H3. The molecule has 0 fully saturated rings. The lowest BCUT2D eigenvalue weighted by Crippen LogP contribution is -2.43. The molecule has 0 radical (unpaired) electrons. The highest BCUT2D eigenvalue weighted by Crippen LogP contribution is 2.17. The predicted octanol–water partition coefficient (Wildman–Crippen LogP) is 2.10. The average molecular weight is 291 g/mol. The fourth-order valence-corrected chi connectivity index (χ4v) is 2.52. The van der Waals surface area contributed by atoms with Crippen LogP contribution in [0.15, 0.2) is 24.3 Å². The molecule has 0 saturated heterocycles. The number of ether oxygens (including phenoxy) is 2. The molecular weight excluding hydrogens is 266 g/mol. The number of likely N-dealkylation sites (N-methyl/N-ethyl adjacent to an activating group) is 1.